The number of halogens is 2. The Balaban J connectivity index is 1.29. The van der Waals surface area contributed by atoms with Gasteiger partial charge in [0.05, 0.1) is 37.2 Å². The van der Waals surface area contributed by atoms with Crippen molar-refractivity contribution in [3.63, 3.8) is 0 Å². The van der Waals surface area contributed by atoms with Crippen LogP contribution in [0.25, 0.3) is 22.0 Å². The van der Waals surface area contributed by atoms with E-state index in [4.69, 9.17) is 18.3 Å². The van der Waals surface area contributed by atoms with Crippen molar-refractivity contribution in [2.24, 2.45) is 11.8 Å². The highest BCUT2D eigenvalue weighted by Gasteiger charge is 2.29. The summed E-state index contributed by atoms with van der Waals surface area (Å²) in [7, 11) is -3.83. The van der Waals surface area contributed by atoms with E-state index in [0.29, 0.717) is 17.2 Å². The fourth-order valence-corrected chi connectivity index (χ4v) is 7.33. The molecule has 1 amide bonds. The van der Waals surface area contributed by atoms with Crippen molar-refractivity contribution in [3.05, 3.63) is 53.6 Å². The molecule has 4 aromatic rings. The first-order valence-corrected chi connectivity index (χ1v) is 18.6. The summed E-state index contributed by atoms with van der Waals surface area (Å²) < 4.78 is 67.6. The molecular formula is C32H42F2N7O6PS. The summed E-state index contributed by atoms with van der Waals surface area (Å²) in [5, 5.41) is 13.7. The Morgan fingerprint density at radius 2 is 1.73 bits per heavy atom. The molecule has 0 atom stereocenters. The highest BCUT2D eigenvalue weighted by molar-refractivity contribution is 7.48. The third-order valence-electron chi connectivity index (χ3n) is 7.53. The van der Waals surface area contributed by atoms with Gasteiger partial charge >= 0.3 is 7.82 Å². The molecule has 1 saturated carbocycles. The van der Waals surface area contributed by atoms with Crippen LogP contribution in [-0.2, 0) is 29.6 Å². The van der Waals surface area contributed by atoms with Crippen LogP contribution in [0.2, 0.25) is 0 Å². The van der Waals surface area contributed by atoms with Crippen molar-refractivity contribution in [2.45, 2.75) is 79.2 Å². The van der Waals surface area contributed by atoms with Crippen LogP contribution < -0.4 is 5.32 Å². The van der Waals surface area contributed by atoms with Crippen LogP contribution in [0.4, 0.5) is 14.5 Å². The number of carbonyl (C=O) groups excluding carboxylic acids is 1. The Bertz CT molecular complexity index is 1740. The number of phosphoric ester groups is 1. The van der Waals surface area contributed by atoms with Crippen LogP contribution in [0, 0.1) is 23.6 Å². The van der Waals surface area contributed by atoms with Gasteiger partial charge in [0.25, 0.3) is 5.91 Å². The summed E-state index contributed by atoms with van der Waals surface area (Å²) >= 11 is 1.21. The van der Waals surface area contributed by atoms with Crippen molar-refractivity contribution in [3.8, 4) is 22.0 Å². The molecule has 49 heavy (non-hydrogen) atoms. The van der Waals surface area contributed by atoms with E-state index >= 15 is 0 Å². The van der Waals surface area contributed by atoms with Gasteiger partial charge in [0.2, 0.25) is 5.95 Å². The monoisotopic (exact) mass is 721 g/mol. The van der Waals surface area contributed by atoms with Crippen molar-refractivity contribution < 1.29 is 36.4 Å². The second-order valence-corrected chi connectivity index (χ2v) is 15.1. The minimum atomic E-state index is -3.83. The molecule has 4 aromatic heterocycles. The molecule has 1 fully saturated rings. The standard InChI is InChI=1S/C32H42F2N7O6PS/c1-6-44-24-9-7-23(8-10-24)41-15-26(30(39-41)29-25(33)11-12-28(34)38-29)36-31(42)27-18-49-32(37-27)22-13-35-40(14-22)19-47-48(43,45-16-20(2)3)46-17-21(4)5/h11-15,18,20-21,23-24H,6-10,16-17,19H2,1-5H3,(H,36,42). The van der Waals surface area contributed by atoms with E-state index in [2.05, 4.69) is 25.5 Å². The summed E-state index contributed by atoms with van der Waals surface area (Å²) in [6.45, 7) is 10.5. The number of hydrogen-bond donors (Lipinski definition) is 1. The average Bonchev–Trinajstić information content (AvgIpc) is 3.84. The molecule has 1 N–H and O–H groups in total. The first-order chi connectivity index (χ1) is 23.4. The normalized spacial score (nSPS) is 16.9. The number of carbonyl (C=O) groups is 1. The van der Waals surface area contributed by atoms with Gasteiger partial charge in [0.1, 0.15) is 22.1 Å². The fourth-order valence-electron chi connectivity index (χ4n) is 5.11. The van der Waals surface area contributed by atoms with Crippen LogP contribution >= 0.6 is 19.2 Å². The molecular weight excluding hydrogens is 679 g/mol. The maximum atomic E-state index is 14.9. The first kappa shape index (κ1) is 36.9. The number of nitrogens with zero attached hydrogens (tertiary/aromatic N) is 6. The minimum Gasteiger partial charge on any atom is -0.379 e. The maximum Gasteiger partial charge on any atom is 0.476 e. The third kappa shape index (κ3) is 9.86. The number of amides is 1. The highest BCUT2D eigenvalue weighted by Crippen LogP contribution is 2.50. The minimum absolute atomic E-state index is 0.0124. The molecule has 0 saturated heterocycles. The molecule has 0 bridgehead atoms. The molecule has 0 spiro atoms. The lowest BCUT2D eigenvalue weighted by molar-refractivity contribution is 0.0260. The van der Waals surface area contributed by atoms with Crippen LogP contribution in [0.5, 0.6) is 0 Å². The van der Waals surface area contributed by atoms with Crippen molar-refractivity contribution in [1.82, 2.24) is 29.5 Å². The largest absolute Gasteiger partial charge is 0.476 e. The third-order valence-corrected chi connectivity index (χ3v) is 9.79. The van der Waals surface area contributed by atoms with Gasteiger partial charge < -0.3 is 10.1 Å². The van der Waals surface area contributed by atoms with Gasteiger partial charge in [-0.05, 0) is 56.6 Å². The van der Waals surface area contributed by atoms with E-state index in [1.807, 2.05) is 34.6 Å². The van der Waals surface area contributed by atoms with Crippen molar-refractivity contribution in [2.75, 3.05) is 25.1 Å². The highest BCUT2D eigenvalue weighted by atomic mass is 32.1. The van der Waals surface area contributed by atoms with Gasteiger partial charge in [-0.25, -0.2) is 23.6 Å². The maximum absolute atomic E-state index is 14.9. The lowest BCUT2D eigenvalue weighted by Gasteiger charge is -2.28. The zero-order chi connectivity index (χ0) is 35.1. The Labute approximate surface area is 288 Å². The lowest BCUT2D eigenvalue weighted by atomic mass is 9.93. The zero-order valence-electron chi connectivity index (χ0n) is 28.2. The topological polar surface area (TPSA) is 145 Å². The number of thiazole rings is 1. The molecule has 13 nitrogen and oxygen atoms in total. The van der Waals surface area contributed by atoms with Crippen molar-refractivity contribution >= 4 is 30.8 Å². The smallest absolute Gasteiger partial charge is 0.379 e. The average molecular weight is 722 g/mol. The van der Waals surface area contributed by atoms with Gasteiger partial charge in [0.15, 0.2) is 12.5 Å². The van der Waals surface area contributed by atoms with Gasteiger partial charge in [-0.15, -0.1) is 11.3 Å². The van der Waals surface area contributed by atoms with E-state index in [1.54, 1.807) is 28.7 Å². The van der Waals surface area contributed by atoms with E-state index in [0.717, 1.165) is 37.8 Å². The van der Waals surface area contributed by atoms with Crippen molar-refractivity contribution in [1.29, 1.82) is 0 Å². The van der Waals surface area contributed by atoms with Crippen LogP contribution in [-0.4, -0.2) is 61.4 Å². The summed E-state index contributed by atoms with van der Waals surface area (Å²) in [5.41, 5.74) is 0.579. The molecule has 4 heterocycles. The number of ether oxygens (including phenoxy) is 1. The van der Waals surface area contributed by atoms with E-state index in [-0.39, 0.29) is 66.7 Å². The Kier molecular flexibility index (Phi) is 12.4. The Morgan fingerprint density at radius 1 is 1.02 bits per heavy atom. The Morgan fingerprint density at radius 3 is 2.41 bits per heavy atom. The van der Waals surface area contributed by atoms with Gasteiger partial charge in [-0.3, -0.25) is 23.0 Å². The number of anilines is 1. The van der Waals surface area contributed by atoms with Gasteiger partial charge in [0, 0.05) is 29.9 Å². The van der Waals surface area contributed by atoms with E-state index in [9.17, 15) is 18.1 Å². The number of rotatable bonds is 16. The van der Waals surface area contributed by atoms with E-state index in [1.165, 1.54) is 16.0 Å². The molecule has 0 radical (unpaired) electrons. The Hall–Kier alpha value is -3.40. The molecule has 266 valence electrons. The summed E-state index contributed by atoms with van der Waals surface area (Å²) in [4.78, 5) is 21.6. The molecule has 0 aromatic carbocycles. The quantitative estimate of drug-likeness (QED) is 0.0901. The summed E-state index contributed by atoms with van der Waals surface area (Å²) in [6, 6.07) is 1.89. The second-order valence-electron chi connectivity index (χ2n) is 12.6. The van der Waals surface area contributed by atoms with Gasteiger partial charge in [-0.1, -0.05) is 27.7 Å². The molecule has 17 heteroatoms. The summed E-state index contributed by atoms with van der Waals surface area (Å²) in [5.74, 6) is -1.96. The van der Waals surface area contributed by atoms with Crippen LogP contribution in [0.15, 0.2) is 36.1 Å². The summed E-state index contributed by atoms with van der Waals surface area (Å²) in [6.07, 6.45) is 8.20. The second kappa shape index (κ2) is 16.5. The zero-order valence-corrected chi connectivity index (χ0v) is 29.9. The van der Waals surface area contributed by atoms with Crippen LogP contribution in [0.3, 0.4) is 0 Å². The predicted molar refractivity (Wildman–Crippen MR) is 180 cm³/mol. The lowest BCUT2D eigenvalue weighted by Crippen LogP contribution is -2.24. The number of aromatic nitrogens is 6. The van der Waals surface area contributed by atoms with Gasteiger partial charge in [-0.2, -0.15) is 14.6 Å². The SMILES string of the molecule is CCOC1CCC(n2cc(NC(=O)c3csc(-c4cnn(COP(=O)(OCC(C)C)OCC(C)C)c4)n3)c(-c3nc(F)ccc3F)n2)CC1. The molecule has 5 rings (SSSR count). The molecule has 0 aliphatic heterocycles. The first-order valence-electron chi connectivity index (χ1n) is 16.3. The number of hydrogen-bond acceptors (Lipinski definition) is 11. The molecule has 1 aliphatic rings. The number of nitrogens with one attached hydrogen (secondary N) is 1. The number of pyridine rings is 1. The predicted octanol–water partition coefficient (Wildman–Crippen LogP) is 7.74. The van der Waals surface area contributed by atoms with E-state index < -0.39 is 25.5 Å². The molecule has 1 aliphatic carbocycles. The number of phosphoric acid groups is 1. The fraction of sp³-hybridized carbons (Fsp3) is 0.531. The van der Waals surface area contributed by atoms with Crippen LogP contribution in [0.1, 0.15) is 76.8 Å². The molecule has 0 unspecified atom stereocenters.